The molecule has 0 saturated heterocycles. The lowest BCUT2D eigenvalue weighted by molar-refractivity contribution is -0.385. The van der Waals surface area contributed by atoms with Gasteiger partial charge in [-0.25, -0.2) is 0 Å². The number of ether oxygens (including phenoxy) is 1. The van der Waals surface area contributed by atoms with Gasteiger partial charge in [-0.05, 0) is 49.7 Å². The highest BCUT2D eigenvalue weighted by atomic mass is 16.6. The molecule has 3 N–H and O–H groups in total. The summed E-state index contributed by atoms with van der Waals surface area (Å²) < 4.78 is 4.98. The van der Waals surface area contributed by atoms with Gasteiger partial charge in [0.2, 0.25) is 0 Å². The first-order valence-corrected chi connectivity index (χ1v) is 8.38. The zero-order valence-electron chi connectivity index (χ0n) is 13.7. The molecule has 3 rings (SSSR count). The normalized spacial score (nSPS) is 28.9. The second kappa shape index (κ2) is 6.76. The van der Waals surface area contributed by atoms with Crippen molar-refractivity contribution < 1.29 is 14.5 Å². The molecule has 2 aliphatic carbocycles. The van der Waals surface area contributed by atoms with E-state index in [0.29, 0.717) is 11.8 Å². The minimum atomic E-state index is -0.538. The lowest BCUT2D eigenvalue weighted by Crippen LogP contribution is -2.53. The number of nitrogens with zero attached hydrogens (tertiary/aromatic N) is 1. The molecule has 1 aromatic carbocycles. The summed E-state index contributed by atoms with van der Waals surface area (Å²) in [5.74, 6) is 0.699. The Morgan fingerprint density at radius 2 is 2.00 bits per heavy atom. The molecule has 2 unspecified atom stereocenters. The zero-order chi connectivity index (χ0) is 17.3. The van der Waals surface area contributed by atoms with Crippen LogP contribution in [0.25, 0.3) is 0 Å². The first kappa shape index (κ1) is 16.7. The number of nitro groups is 1. The number of hydrogen-bond donors (Lipinski definition) is 2. The summed E-state index contributed by atoms with van der Waals surface area (Å²) in [4.78, 5) is 23.2. The minimum absolute atomic E-state index is 0.118. The average Bonchev–Trinajstić information content (AvgIpc) is 2.54. The number of nitrogens with two attached hydrogens (primary N) is 1. The molecule has 7 nitrogen and oxygen atoms in total. The Bertz CT molecular complexity index is 635. The van der Waals surface area contributed by atoms with E-state index in [4.69, 9.17) is 10.5 Å². The van der Waals surface area contributed by atoms with Crippen molar-refractivity contribution in [2.45, 2.75) is 44.2 Å². The Labute approximate surface area is 140 Å². The molecule has 0 radical (unpaired) electrons. The number of amides is 1. The second-order valence-electron chi connectivity index (χ2n) is 6.83. The Morgan fingerprint density at radius 1 is 1.33 bits per heavy atom. The molecule has 0 aromatic heterocycles. The Balaban J connectivity index is 1.77. The predicted molar refractivity (Wildman–Crippen MR) is 88.9 cm³/mol. The third kappa shape index (κ3) is 3.21. The number of benzene rings is 1. The van der Waals surface area contributed by atoms with Gasteiger partial charge < -0.3 is 15.8 Å². The average molecular weight is 333 g/mol. The number of carbonyl (C=O) groups excluding carboxylic acids is 1. The lowest BCUT2D eigenvalue weighted by atomic mass is 9.67. The topological polar surface area (TPSA) is 107 Å². The van der Waals surface area contributed by atoms with Crippen LogP contribution >= 0.6 is 0 Å². The number of carbonyl (C=O) groups is 1. The van der Waals surface area contributed by atoms with Crippen LogP contribution < -0.4 is 15.8 Å². The molecule has 0 aliphatic heterocycles. The van der Waals surface area contributed by atoms with E-state index in [1.165, 1.54) is 25.7 Å². The summed E-state index contributed by atoms with van der Waals surface area (Å²) in [5, 5.41) is 14.2. The third-order valence-electron chi connectivity index (χ3n) is 5.31. The maximum Gasteiger partial charge on any atom is 0.311 e. The summed E-state index contributed by atoms with van der Waals surface area (Å²) in [7, 11) is 1.37. The van der Waals surface area contributed by atoms with Crippen LogP contribution in [0.1, 0.15) is 42.5 Å². The van der Waals surface area contributed by atoms with Crippen LogP contribution in [0.3, 0.4) is 0 Å². The van der Waals surface area contributed by atoms with Crippen LogP contribution in [-0.2, 0) is 0 Å². The number of nitrogens with one attached hydrogen (secondary N) is 1. The molecular formula is C17H23N3O4. The van der Waals surface area contributed by atoms with Crippen molar-refractivity contribution in [1.82, 2.24) is 5.32 Å². The Kier molecular flexibility index (Phi) is 4.71. The summed E-state index contributed by atoms with van der Waals surface area (Å²) in [6.07, 6.45) is 5.21. The van der Waals surface area contributed by atoms with Gasteiger partial charge in [0.15, 0.2) is 5.75 Å². The number of hydrogen-bond acceptors (Lipinski definition) is 5. The molecule has 1 amide bonds. The van der Waals surface area contributed by atoms with Crippen molar-refractivity contribution in [2.24, 2.45) is 17.6 Å². The summed E-state index contributed by atoms with van der Waals surface area (Å²) >= 11 is 0. The molecular weight excluding hydrogens is 310 g/mol. The highest BCUT2D eigenvalue weighted by Gasteiger charge is 2.40. The quantitative estimate of drug-likeness (QED) is 0.649. The van der Waals surface area contributed by atoms with Gasteiger partial charge in [-0.2, -0.15) is 0 Å². The Morgan fingerprint density at radius 3 is 2.58 bits per heavy atom. The summed E-state index contributed by atoms with van der Waals surface area (Å²) in [6.45, 7) is 0. The fraction of sp³-hybridized carbons (Fsp3) is 0.588. The highest BCUT2D eigenvalue weighted by molar-refractivity contribution is 5.95. The van der Waals surface area contributed by atoms with Crippen LogP contribution in [0.2, 0.25) is 0 Å². The van der Waals surface area contributed by atoms with Gasteiger partial charge in [-0.15, -0.1) is 0 Å². The molecule has 0 heterocycles. The maximum atomic E-state index is 12.6. The van der Waals surface area contributed by atoms with E-state index < -0.39 is 4.92 Å². The molecule has 2 fully saturated rings. The van der Waals surface area contributed by atoms with Gasteiger partial charge in [0, 0.05) is 23.7 Å². The molecule has 2 aliphatic rings. The molecule has 2 bridgehead atoms. The van der Waals surface area contributed by atoms with Gasteiger partial charge >= 0.3 is 5.69 Å². The molecule has 0 spiro atoms. The van der Waals surface area contributed by atoms with Gasteiger partial charge in [0.05, 0.1) is 12.0 Å². The van der Waals surface area contributed by atoms with Crippen LogP contribution in [0.15, 0.2) is 18.2 Å². The van der Waals surface area contributed by atoms with E-state index in [2.05, 4.69) is 5.32 Å². The number of rotatable bonds is 4. The summed E-state index contributed by atoms with van der Waals surface area (Å²) in [5.41, 5.74) is 6.20. The first-order valence-electron chi connectivity index (χ1n) is 8.38. The van der Waals surface area contributed by atoms with E-state index in [0.717, 1.165) is 25.7 Å². The van der Waals surface area contributed by atoms with Crippen molar-refractivity contribution in [2.75, 3.05) is 7.11 Å². The maximum absolute atomic E-state index is 12.6. The van der Waals surface area contributed by atoms with Crippen LogP contribution in [0, 0.1) is 22.0 Å². The zero-order valence-corrected chi connectivity index (χ0v) is 13.7. The molecule has 2 atom stereocenters. The molecule has 7 heteroatoms. The van der Waals surface area contributed by atoms with Crippen molar-refractivity contribution >= 4 is 11.6 Å². The largest absolute Gasteiger partial charge is 0.490 e. The standard InChI is InChI=1S/C17H23N3O4/c1-24-15-6-5-12(9-14(15)20(22)23)17(21)19-16-10-3-2-4-11(16)8-13(18)7-10/h5-6,9-11,13,16H,2-4,7-8,18H2,1H3,(H,19,21). The van der Waals surface area contributed by atoms with Crippen LogP contribution in [-0.4, -0.2) is 30.0 Å². The smallest absolute Gasteiger partial charge is 0.311 e. The number of fused-ring (bicyclic) bond motifs is 2. The molecule has 24 heavy (non-hydrogen) atoms. The van der Waals surface area contributed by atoms with E-state index in [1.807, 2.05) is 0 Å². The van der Waals surface area contributed by atoms with Gasteiger partial charge in [0.25, 0.3) is 5.91 Å². The van der Waals surface area contributed by atoms with Gasteiger partial charge in [0.1, 0.15) is 0 Å². The van der Waals surface area contributed by atoms with Crippen molar-refractivity contribution in [3.05, 3.63) is 33.9 Å². The van der Waals surface area contributed by atoms with E-state index in [1.54, 1.807) is 6.07 Å². The molecule has 1 aromatic rings. The summed E-state index contributed by atoms with van der Waals surface area (Å²) in [6, 6.07) is 4.64. The third-order valence-corrected chi connectivity index (χ3v) is 5.31. The molecule has 2 saturated carbocycles. The molecule has 130 valence electrons. The second-order valence-corrected chi connectivity index (χ2v) is 6.83. The van der Waals surface area contributed by atoms with Crippen molar-refractivity contribution in [1.29, 1.82) is 0 Å². The van der Waals surface area contributed by atoms with Crippen molar-refractivity contribution in [3.63, 3.8) is 0 Å². The van der Waals surface area contributed by atoms with E-state index in [9.17, 15) is 14.9 Å². The first-order chi connectivity index (χ1) is 11.5. The van der Waals surface area contributed by atoms with Crippen molar-refractivity contribution in [3.8, 4) is 5.75 Å². The van der Waals surface area contributed by atoms with Crippen LogP contribution in [0.5, 0.6) is 5.75 Å². The monoisotopic (exact) mass is 333 g/mol. The van der Waals surface area contributed by atoms with Gasteiger partial charge in [-0.3, -0.25) is 14.9 Å². The number of methoxy groups -OCH3 is 1. The predicted octanol–water partition coefficient (Wildman–Crippen LogP) is 2.24. The van der Waals surface area contributed by atoms with Gasteiger partial charge in [-0.1, -0.05) is 6.42 Å². The number of nitro benzene ring substituents is 1. The fourth-order valence-corrected chi connectivity index (χ4v) is 4.23. The SMILES string of the molecule is COc1ccc(C(=O)NC2C3CCCC2CC(N)C3)cc1[N+](=O)[O-]. The van der Waals surface area contributed by atoms with E-state index >= 15 is 0 Å². The fourth-order valence-electron chi connectivity index (χ4n) is 4.23. The van der Waals surface area contributed by atoms with Crippen LogP contribution in [0.4, 0.5) is 5.69 Å². The minimum Gasteiger partial charge on any atom is -0.490 e. The highest BCUT2D eigenvalue weighted by Crippen LogP contribution is 2.40. The Hall–Kier alpha value is -2.15. The lowest BCUT2D eigenvalue weighted by Gasteiger charge is -2.45. The van der Waals surface area contributed by atoms with E-state index in [-0.39, 0.29) is 35.0 Å².